The summed E-state index contributed by atoms with van der Waals surface area (Å²) in [5, 5.41) is 6.99. The van der Waals surface area contributed by atoms with E-state index in [9.17, 15) is 4.79 Å². The Kier molecular flexibility index (Phi) is 4.83. The van der Waals surface area contributed by atoms with E-state index in [1.165, 1.54) is 6.33 Å². The SMILES string of the molecule is O=C(CCc1ccco1)NCc1ccc(Cn2cncn2)cc1. The molecule has 0 fully saturated rings. The van der Waals surface area contributed by atoms with Crippen molar-refractivity contribution in [1.82, 2.24) is 20.1 Å². The zero-order valence-electron chi connectivity index (χ0n) is 12.7. The maximum atomic E-state index is 11.8. The molecular weight excluding hydrogens is 292 g/mol. The molecule has 1 aromatic carbocycles. The van der Waals surface area contributed by atoms with Crippen molar-refractivity contribution in [3.8, 4) is 0 Å². The van der Waals surface area contributed by atoms with E-state index in [-0.39, 0.29) is 5.91 Å². The van der Waals surface area contributed by atoms with Gasteiger partial charge in [0.25, 0.3) is 0 Å². The molecule has 0 atom stereocenters. The highest BCUT2D eigenvalue weighted by Crippen LogP contribution is 2.07. The quantitative estimate of drug-likeness (QED) is 0.726. The van der Waals surface area contributed by atoms with Gasteiger partial charge in [-0.2, -0.15) is 5.10 Å². The molecule has 1 amide bonds. The number of benzene rings is 1. The van der Waals surface area contributed by atoms with Gasteiger partial charge in [0, 0.05) is 19.4 Å². The van der Waals surface area contributed by atoms with Gasteiger partial charge in [0.1, 0.15) is 18.4 Å². The lowest BCUT2D eigenvalue weighted by atomic mass is 10.1. The Balaban J connectivity index is 1.43. The molecule has 1 N–H and O–H groups in total. The maximum absolute atomic E-state index is 11.8. The normalized spacial score (nSPS) is 10.6. The Labute approximate surface area is 134 Å². The fourth-order valence-electron chi connectivity index (χ4n) is 2.24. The van der Waals surface area contributed by atoms with Crippen molar-refractivity contribution >= 4 is 5.91 Å². The number of amides is 1. The molecule has 0 saturated carbocycles. The highest BCUT2D eigenvalue weighted by Gasteiger charge is 2.04. The Bertz CT molecular complexity index is 719. The number of hydrogen-bond donors (Lipinski definition) is 1. The van der Waals surface area contributed by atoms with Crippen molar-refractivity contribution in [3.63, 3.8) is 0 Å². The molecule has 2 heterocycles. The van der Waals surface area contributed by atoms with Gasteiger partial charge >= 0.3 is 0 Å². The van der Waals surface area contributed by atoms with Crippen molar-refractivity contribution in [1.29, 1.82) is 0 Å². The van der Waals surface area contributed by atoms with Crippen LogP contribution in [0.1, 0.15) is 23.3 Å². The number of furan rings is 1. The van der Waals surface area contributed by atoms with Gasteiger partial charge in [-0.25, -0.2) is 9.67 Å². The van der Waals surface area contributed by atoms with E-state index in [1.807, 2.05) is 36.4 Å². The van der Waals surface area contributed by atoms with Crippen LogP contribution in [0.3, 0.4) is 0 Å². The summed E-state index contributed by atoms with van der Waals surface area (Å²) < 4.78 is 6.98. The second-order valence-corrected chi connectivity index (χ2v) is 5.27. The van der Waals surface area contributed by atoms with E-state index in [0.29, 0.717) is 25.9 Å². The number of nitrogens with zero attached hydrogens (tertiary/aromatic N) is 3. The predicted octanol–water partition coefficient (Wildman–Crippen LogP) is 2.17. The molecule has 0 aliphatic heterocycles. The summed E-state index contributed by atoms with van der Waals surface area (Å²) in [4.78, 5) is 15.7. The van der Waals surface area contributed by atoms with Gasteiger partial charge in [-0.3, -0.25) is 4.79 Å². The van der Waals surface area contributed by atoms with Crippen LogP contribution in [0.5, 0.6) is 0 Å². The Morgan fingerprint density at radius 2 is 2.00 bits per heavy atom. The molecule has 0 unspecified atom stereocenters. The van der Waals surface area contributed by atoms with Crippen LogP contribution in [-0.2, 0) is 24.3 Å². The van der Waals surface area contributed by atoms with Gasteiger partial charge in [0.2, 0.25) is 5.91 Å². The summed E-state index contributed by atoms with van der Waals surface area (Å²) in [5.41, 5.74) is 2.21. The Morgan fingerprint density at radius 3 is 2.70 bits per heavy atom. The maximum Gasteiger partial charge on any atom is 0.220 e. The van der Waals surface area contributed by atoms with Crippen LogP contribution in [0.15, 0.2) is 59.7 Å². The third-order valence-electron chi connectivity index (χ3n) is 3.50. The molecule has 6 heteroatoms. The van der Waals surface area contributed by atoms with Gasteiger partial charge in [-0.05, 0) is 23.3 Å². The highest BCUT2D eigenvalue weighted by molar-refractivity contribution is 5.76. The van der Waals surface area contributed by atoms with E-state index >= 15 is 0 Å². The van der Waals surface area contributed by atoms with Gasteiger partial charge < -0.3 is 9.73 Å². The third kappa shape index (κ3) is 4.54. The van der Waals surface area contributed by atoms with Crippen molar-refractivity contribution in [2.45, 2.75) is 25.9 Å². The minimum atomic E-state index is 0.0214. The summed E-state index contributed by atoms with van der Waals surface area (Å²) in [6, 6.07) is 11.8. The van der Waals surface area contributed by atoms with Crippen LogP contribution < -0.4 is 5.32 Å². The van der Waals surface area contributed by atoms with Gasteiger partial charge in [-0.1, -0.05) is 24.3 Å². The fourth-order valence-corrected chi connectivity index (χ4v) is 2.24. The number of nitrogens with one attached hydrogen (secondary N) is 1. The van der Waals surface area contributed by atoms with Crippen LogP contribution in [0.2, 0.25) is 0 Å². The van der Waals surface area contributed by atoms with E-state index < -0.39 is 0 Å². The van der Waals surface area contributed by atoms with Crippen molar-refractivity contribution in [2.75, 3.05) is 0 Å². The number of hydrogen-bond acceptors (Lipinski definition) is 4. The molecule has 0 aliphatic rings. The molecule has 0 radical (unpaired) electrons. The van der Waals surface area contributed by atoms with Crippen molar-refractivity contribution in [3.05, 3.63) is 72.2 Å². The first kappa shape index (κ1) is 15.0. The molecule has 0 saturated heterocycles. The second kappa shape index (κ2) is 7.40. The topological polar surface area (TPSA) is 73.0 Å². The summed E-state index contributed by atoms with van der Waals surface area (Å²) in [6.45, 7) is 1.22. The fraction of sp³-hybridized carbons (Fsp3) is 0.235. The second-order valence-electron chi connectivity index (χ2n) is 5.27. The van der Waals surface area contributed by atoms with Crippen molar-refractivity contribution < 1.29 is 9.21 Å². The largest absolute Gasteiger partial charge is 0.469 e. The standard InChI is InChI=1S/C17H18N4O2/c22-17(8-7-16-2-1-9-23-16)19-10-14-3-5-15(6-4-14)11-21-13-18-12-20-21/h1-6,9,12-13H,7-8,10-11H2,(H,19,22). The van der Waals surface area contributed by atoms with Crippen molar-refractivity contribution in [2.24, 2.45) is 0 Å². The first-order valence-electron chi connectivity index (χ1n) is 7.49. The lowest BCUT2D eigenvalue weighted by molar-refractivity contribution is -0.121. The number of rotatable bonds is 7. The zero-order chi connectivity index (χ0) is 15.9. The molecule has 0 bridgehead atoms. The molecule has 0 spiro atoms. The van der Waals surface area contributed by atoms with E-state index in [1.54, 1.807) is 17.3 Å². The van der Waals surface area contributed by atoms with E-state index in [2.05, 4.69) is 15.4 Å². The summed E-state index contributed by atoms with van der Waals surface area (Å²) in [5.74, 6) is 0.853. The first-order chi connectivity index (χ1) is 11.3. The Hall–Kier alpha value is -2.89. The number of aryl methyl sites for hydroxylation is 1. The van der Waals surface area contributed by atoms with Crippen LogP contribution in [-0.4, -0.2) is 20.7 Å². The molecule has 23 heavy (non-hydrogen) atoms. The average Bonchev–Trinajstić information content (AvgIpc) is 3.26. The first-order valence-corrected chi connectivity index (χ1v) is 7.49. The number of carbonyl (C=O) groups is 1. The lowest BCUT2D eigenvalue weighted by Gasteiger charge is -2.06. The molecular formula is C17H18N4O2. The third-order valence-corrected chi connectivity index (χ3v) is 3.50. The molecule has 3 rings (SSSR count). The van der Waals surface area contributed by atoms with Gasteiger partial charge in [0.05, 0.1) is 12.8 Å². The smallest absolute Gasteiger partial charge is 0.220 e. The van der Waals surface area contributed by atoms with E-state index in [0.717, 1.165) is 16.9 Å². The summed E-state index contributed by atoms with van der Waals surface area (Å²) >= 11 is 0. The Morgan fingerprint density at radius 1 is 1.17 bits per heavy atom. The lowest BCUT2D eigenvalue weighted by Crippen LogP contribution is -2.22. The number of aromatic nitrogens is 3. The monoisotopic (exact) mass is 310 g/mol. The van der Waals surface area contributed by atoms with Crippen LogP contribution >= 0.6 is 0 Å². The molecule has 118 valence electrons. The molecule has 3 aromatic rings. The minimum Gasteiger partial charge on any atom is -0.469 e. The number of carbonyl (C=O) groups excluding carboxylic acids is 1. The average molecular weight is 310 g/mol. The van der Waals surface area contributed by atoms with Crippen LogP contribution in [0.4, 0.5) is 0 Å². The highest BCUT2D eigenvalue weighted by atomic mass is 16.3. The zero-order valence-corrected chi connectivity index (χ0v) is 12.7. The molecule has 6 nitrogen and oxygen atoms in total. The molecule has 0 aliphatic carbocycles. The van der Waals surface area contributed by atoms with Crippen LogP contribution in [0, 0.1) is 0 Å². The van der Waals surface area contributed by atoms with E-state index in [4.69, 9.17) is 4.42 Å². The van der Waals surface area contributed by atoms with Crippen LogP contribution in [0.25, 0.3) is 0 Å². The summed E-state index contributed by atoms with van der Waals surface area (Å²) in [6.07, 6.45) is 5.88. The van der Waals surface area contributed by atoms with Gasteiger partial charge in [0.15, 0.2) is 0 Å². The van der Waals surface area contributed by atoms with Gasteiger partial charge in [-0.15, -0.1) is 0 Å². The minimum absolute atomic E-state index is 0.0214. The molecule has 2 aromatic heterocycles. The summed E-state index contributed by atoms with van der Waals surface area (Å²) in [7, 11) is 0. The predicted molar refractivity (Wildman–Crippen MR) is 84.4 cm³/mol.